The molecular weight excluding hydrogens is 222 g/mol. The molecule has 0 aliphatic carbocycles. The molecule has 0 amide bonds. The highest BCUT2D eigenvalue weighted by molar-refractivity contribution is 7.07. The molecule has 5 heteroatoms. The fourth-order valence-electron chi connectivity index (χ4n) is 1.25. The van der Waals surface area contributed by atoms with E-state index in [0.717, 1.165) is 12.4 Å². The molecule has 1 N–H and O–H groups in total. The van der Waals surface area contributed by atoms with Gasteiger partial charge in [0.05, 0.1) is 6.61 Å². The number of aromatic nitrogens is 2. The number of thiophene rings is 1. The number of ether oxygens (including phenoxy) is 1. The molecule has 4 nitrogen and oxygen atoms in total. The molecule has 0 unspecified atom stereocenters. The van der Waals surface area contributed by atoms with Crippen molar-refractivity contribution in [2.24, 2.45) is 0 Å². The Morgan fingerprint density at radius 3 is 3.12 bits per heavy atom. The maximum Gasteiger partial charge on any atom is 0.218 e. The zero-order valence-electron chi connectivity index (χ0n) is 9.01. The second kappa shape index (κ2) is 5.46. The summed E-state index contributed by atoms with van der Waals surface area (Å²) in [4.78, 5) is 8.13. The molecule has 0 aliphatic rings. The van der Waals surface area contributed by atoms with Crippen molar-refractivity contribution in [3.8, 4) is 5.88 Å². The van der Waals surface area contributed by atoms with Crippen LogP contribution in [0.25, 0.3) is 0 Å². The Morgan fingerprint density at radius 1 is 1.44 bits per heavy atom. The van der Waals surface area contributed by atoms with Gasteiger partial charge in [-0.25, -0.2) is 9.97 Å². The fraction of sp³-hybridized carbons (Fsp3) is 0.273. The lowest BCUT2D eigenvalue weighted by Gasteiger charge is -2.05. The summed E-state index contributed by atoms with van der Waals surface area (Å²) in [7, 11) is 0. The lowest BCUT2D eigenvalue weighted by molar-refractivity contribution is 0.326. The van der Waals surface area contributed by atoms with Gasteiger partial charge in [-0.3, -0.25) is 0 Å². The van der Waals surface area contributed by atoms with Gasteiger partial charge in [0.2, 0.25) is 5.88 Å². The van der Waals surface area contributed by atoms with Crippen LogP contribution in [0.4, 0.5) is 5.82 Å². The quantitative estimate of drug-likeness (QED) is 0.865. The van der Waals surface area contributed by atoms with Crippen LogP contribution in [0.2, 0.25) is 0 Å². The van der Waals surface area contributed by atoms with Gasteiger partial charge in [-0.1, -0.05) is 0 Å². The van der Waals surface area contributed by atoms with E-state index >= 15 is 0 Å². The normalized spacial score (nSPS) is 10.1. The van der Waals surface area contributed by atoms with Crippen molar-refractivity contribution in [2.45, 2.75) is 13.5 Å². The van der Waals surface area contributed by atoms with E-state index in [2.05, 4.69) is 32.1 Å². The first kappa shape index (κ1) is 10.9. The minimum Gasteiger partial charge on any atom is -0.478 e. The molecule has 0 saturated carbocycles. The van der Waals surface area contributed by atoms with Crippen LogP contribution in [0.1, 0.15) is 12.5 Å². The van der Waals surface area contributed by atoms with Crippen LogP contribution >= 0.6 is 11.3 Å². The SMILES string of the molecule is CCOc1cc(NCc2ccsc2)ncn1. The third-order valence-electron chi connectivity index (χ3n) is 1.99. The van der Waals surface area contributed by atoms with Gasteiger partial charge in [0.15, 0.2) is 0 Å². The predicted octanol–water partition coefficient (Wildman–Crippen LogP) is 2.55. The third-order valence-corrected chi connectivity index (χ3v) is 2.72. The number of hydrogen-bond acceptors (Lipinski definition) is 5. The smallest absolute Gasteiger partial charge is 0.218 e. The van der Waals surface area contributed by atoms with Crippen molar-refractivity contribution < 1.29 is 4.74 Å². The van der Waals surface area contributed by atoms with Crippen LogP contribution in [0.15, 0.2) is 29.2 Å². The maximum atomic E-state index is 5.29. The number of anilines is 1. The van der Waals surface area contributed by atoms with E-state index in [9.17, 15) is 0 Å². The molecule has 0 aromatic carbocycles. The molecule has 0 spiro atoms. The first-order chi connectivity index (χ1) is 7.88. The monoisotopic (exact) mass is 235 g/mol. The summed E-state index contributed by atoms with van der Waals surface area (Å²) in [6.45, 7) is 3.31. The summed E-state index contributed by atoms with van der Waals surface area (Å²) >= 11 is 1.69. The molecule has 2 aromatic heterocycles. The van der Waals surface area contributed by atoms with Crippen LogP contribution in [0.5, 0.6) is 5.88 Å². The molecule has 0 saturated heterocycles. The van der Waals surface area contributed by atoms with Gasteiger partial charge < -0.3 is 10.1 Å². The van der Waals surface area contributed by atoms with Gasteiger partial charge in [0, 0.05) is 12.6 Å². The van der Waals surface area contributed by atoms with Gasteiger partial charge >= 0.3 is 0 Å². The first-order valence-corrected chi connectivity index (χ1v) is 6.02. The van der Waals surface area contributed by atoms with E-state index in [1.165, 1.54) is 11.9 Å². The van der Waals surface area contributed by atoms with E-state index in [1.54, 1.807) is 17.4 Å². The third kappa shape index (κ3) is 2.93. The second-order valence-electron chi connectivity index (χ2n) is 3.16. The van der Waals surface area contributed by atoms with Gasteiger partial charge in [0.25, 0.3) is 0 Å². The largest absolute Gasteiger partial charge is 0.478 e. The van der Waals surface area contributed by atoms with Crippen LogP contribution in [0, 0.1) is 0 Å². The number of nitrogens with zero attached hydrogens (tertiary/aromatic N) is 2. The summed E-state index contributed by atoms with van der Waals surface area (Å²) < 4.78 is 5.29. The standard InChI is InChI=1S/C11H13N3OS/c1-2-15-11-5-10(13-8-14-11)12-6-9-3-4-16-7-9/h3-5,7-8H,2,6H2,1H3,(H,12,13,14). The number of hydrogen-bond donors (Lipinski definition) is 1. The van der Waals surface area contributed by atoms with Crippen molar-refractivity contribution in [2.75, 3.05) is 11.9 Å². The van der Waals surface area contributed by atoms with Crippen LogP contribution in [-0.2, 0) is 6.54 Å². The van der Waals surface area contributed by atoms with Crippen LogP contribution in [-0.4, -0.2) is 16.6 Å². The van der Waals surface area contributed by atoms with Crippen molar-refractivity contribution in [1.29, 1.82) is 0 Å². The lowest BCUT2D eigenvalue weighted by atomic mass is 10.3. The topological polar surface area (TPSA) is 47.0 Å². The van der Waals surface area contributed by atoms with Crippen molar-refractivity contribution in [3.63, 3.8) is 0 Å². The van der Waals surface area contributed by atoms with Crippen LogP contribution < -0.4 is 10.1 Å². The van der Waals surface area contributed by atoms with E-state index in [1.807, 2.05) is 6.92 Å². The zero-order chi connectivity index (χ0) is 11.2. The van der Waals surface area contributed by atoms with Crippen LogP contribution in [0.3, 0.4) is 0 Å². The molecule has 0 aliphatic heterocycles. The van der Waals surface area contributed by atoms with Gasteiger partial charge in [0.1, 0.15) is 12.1 Å². The minimum absolute atomic E-state index is 0.602. The van der Waals surface area contributed by atoms with Crippen molar-refractivity contribution in [3.05, 3.63) is 34.8 Å². The average Bonchev–Trinajstić information content (AvgIpc) is 2.80. The first-order valence-electron chi connectivity index (χ1n) is 5.08. The Balaban J connectivity index is 1.96. The van der Waals surface area contributed by atoms with Crippen molar-refractivity contribution in [1.82, 2.24) is 9.97 Å². The maximum absolute atomic E-state index is 5.29. The predicted molar refractivity (Wildman–Crippen MR) is 64.8 cm³/mol. The van der Waals surface area contributed by atoms with Gasteiger partial charge in [-0.2, -0.15) is 11.3 Å². The molecule has 0 radical (unpaired) electrons. The summed E-state index contributed by atoms with van der Waals surface area (Å²) in [5.74, 6) is 1.38. The minimum atomic E-state index is 0.602. The highest BCUT2D eigenvalue weighted by Gasteiger charge is 1.99. The van der Waals surface area contributed by atoms with E-state index in [0.29, 0.717) is 12.5 Å². The average molecular weight is 235 g/mol. The summed E-state index contributed by atoms with van der Waals surface area (Å²) in [5.41, 5.74) is 1.25. The Bertz CT molecular complexity index is 431. The second-order valence-corrected chi connectivity index (χ2v) is 3.94. The Morgan fingerprint density at radius 2 is 2.38 bits per heavy atom. The molecule has 84 valence electrons. The molecule has 2 heterocycles. The Labute approximate surface area is 98.3 Å². The molecule has 2 rings (SSSR count). The molecule has 16 heavy (non-hydrogen) atoms. The zero-order valence-corrected chi connectivity index (χ0v) is 9.83. The molecule has 2 aromatic rings. The Kier molecular flexibility index (Phi) is 3.71. The lowest BCUT2D eigenvalue weighted by Crippen LogP contribution is -2.02. The summed E-state index contributed by atoms with van der Waals surface area (Å²) in [6, 6.07) is 3.89. The number of rotatable bonds is 5. The summed E-state index contributed by atoms with van der Waals surface area (Å²) in [5, 5.41) is 7.39. The molecular formula is C11H13N3OS. The Hall–Kier alpha value is -1.62. The van der Waals surface area contributed by atoms with E-state index in [-0.39, 0.29) is 0 Å². The molecule has 0 bridgehead atoms. The van der Waals surface area contributed by atoms with Crippen molar-refractivity contribution >= 4 is 17.2 Å². The highest BCUT2D eigenvalue weighted by Crippen LogP contribution is 2.13. The highest BCUT2D eigenvalue weighted by atomic mass is 32.1. The van der Waals surface area contributed by atoms with Gasteiger partial charge in [-0.15, -0.1) is 0 Å². The molecule has 0 atom stereocenters. The summed E-state index contributed by atoms with van der Waals surface area (Å²) in [6.07, 6.45) is 1.50. The van der Waals surface area contributed by atoms with E-state index in [4.69, 9.17) is 4.74 Å². The fourth-order valence-corrected chi connectivity index (χ4v) is 1.92. The van der Waals surface area contributed by atoms with E-state index < -0.39 is 0 Å². The van der Waals surface area contributed by atoms with Gasteiger partial charge in [-0.05, 0) is 29.3 Å². The number of nitrogens with one attached hydrogen (secondary N) is 1. The molecule has 0 fully saturated rings.